The number of nitrogens with zero attached hydrogens (tertiary/aromatic N) is 2. The normalized spacial score (nSPS) is 12.5. The topological polar surface area (TPSA) is 96.0 Å². The van der Waals surface area contributed by atoms with E-state index < -0.39 is 34.1 Å². The molecule has 0 aliphatic heterocycles. The molecule has 0 bridgehead atoms. The fourth-order valence-electron chi connectivity index (χ4n) is 3.52. The Morgan fingerprint density at radius 3 is 2.17 bits per heavy atom. The molecular formula is C26H37N3O5S. The maximum absolute atomic E-state index is 13.6. The highest BCUT2D eigenvalue weighted by atomic mass is 32.2. The number of sulfonamides is 1. The van der Waals surface area contributed by atoms with Crippen molar-refractivity contribution < 1.29 is 22.7 Å². The molecule has 0 aliphatic rings. The summed E-state index contributed by atoms with van der Waals surface area (Å²) < 4.78 is 31.8. The molecule has 0 saturated carbocycles. The summed E-state index contributed by atoms with van der Waals surface area (Å²) in [7, 11) is -3.78. The van der Waals surface area contributed by atoms with E-state index in [4.69, 9.17) is 4.74 Å². The quantitative estimate of drug-likeness (QED) is 0.535. The van der Waals surface area contributed by atoms with Crippen molar-refractivity contribution in [2.45, 2.75) is 59.7 Å². The van der Waals surface area contributed by atoms with Crippen LogP contribution in [0.2, 0.25) is 0 Å². The van der Waals surface area contributed by atoms with Crippen LogP contribution >= 0.6 is 0 Å². The van der Waals surface area contributed by atoms with E-state index in [1.165, 1.54) is 4.90 Å². The van der Waals surface area contributed by atoms with Gasteiger partial charge < -0.3 is 15.0 Å². The van der Waals surface area contributed by atoms with Gasteiger partial charge in [0.25, 0.3) is 0 Å². The summed E-state index contributed by atoms with van der Waals surface area (Å²) in [5.41, 5.74) is 1.71. The molecule has 0 fully saturated rings. The van der Waals surface area contributed by atoms with Crippen molar-refractivity contribution in [3.63, 3.8) is 0 Å². The van der Waals surface area contributed by atoms with Crippen molar-refractivity contribution >= 4 is 27.5 Å². The predicted octanol–water partition coefficient (Wildman–Crippen LogP) is 3.49. The third-order valence-electron chi connectivity index (χ3n) is 5.38. The summed E-state index contributed by atoms with van der Waals surface area (Å²) in [5, 5.41) is 2.91. The van der Waals surface area contributed by atoms with Gasteiger partial charge in [0.2, 0.25) is 21.8 Å². The predicted molar refractivity (Wildman–Crippen MR) is 139 cm³/mol. The lowest BCUT2D eigenvalue weighted by Gasteiger charge is -2.33. The average molecular weight is 504 g/mol. The molecule has 9 heteroatoms. The highest BCUT2D eigenvalue weighted by molar-refractivity contribution is 7.92. The molecule has 0 unspecified atom stereocenters. The molecule has 35 heavy (non-hydrogen) atoms. The molecule has 2 aromatic rings. The molecule has 0 heterocycles. The van der Waals surface area contributed by atoms with Crippen molar-refractivity contribution in [3.05, 3.63) is 59.7 Å². The zero-order valence-electron chi connectivity index (χ0n) is 21.7. The van der Waals surface area contributed by atoms with E-state index in [0.717, 1.165) is 21.7 Å². The fourth-order valence-corrected chi connectivity index (χ4v) is 4.37. The van der Waals surface area contributed by atoms with Gasteiger partial charge in [0.1, 0.15) is 18.3 Å². The molecule has 2 amide bonds. The second-order valence-corrected chi connectivity index (χ2v) is 11.5. The number of rotatable bonds is 10. The van der Waals surface area contributed by atoms with Crippen molar-refractivity contribution in [2.24, 2.45) is 0 Å². The fraction of sp³-hybridized carbons (Fsp3) is 0.462. The summed E-state index contributed by atoms with van der Waals surface area (Å²) in [5.74, 6) is -0.194. The molecule has 1 atom stereocenters. The Hall–Kier alpha value is -3.07. The Kier molecular flexibility index (Phi) is 9.31. The van der Waals surface area contributed by atoms with Gasteiger partial charge in [0.15, 0.2) is 0 Å². The van der Waals surface area contributed by atoms with E-state index in [2.05, 4.69) is 5.32 Å². The van der Waals surface area contributed by atoms with E-state index >= 15 is 0 Å². The van der Waals surface area contributed by atoms with Crippen molar-refractivity contribution in [1.29, 1.82) is 0 Å². The van der Waals surface area contributed by atoms with Crippen LogP contribution in [0.3, 0.4) is 0 Å². The summed E-state index contributed by atoms with van der Waals surface area (Å²) in [4.78, 5) is 28.0. The van der Waals surface area contributed by atoms with E-state index in [9.17, 15) is 18.0 Å². The summed E-state index contributed by atoms with van der Waals surface area (Å²) in [6.07, 6.45) is 1.05. The first-order valence-corrected chi connectivity index (χ1v) is 13.4. The van der Waals surface area contributed by atoms with Gasteiger partial charge in [-0.3, -0.25) is 13.9 Å². The van der Waals surface area contributed by atoms with Crippen LogP contribution in [0, 0.1) is 6.92 Å². The number of hydrogen-bond donors (Lipinski definition) is 1. The van der Waals surface area contributed by atoms with Crippen LogP contribution in [-0.4, -0.2) is 56.1 Å². The van der Waals surface area contributed by atoms with Gasteiger partial charge in [-0.2, -0.15) is 0 Å². The second-order valence-electron chi connectivity index (χ2n) is 9.56. The molecule has 192 valence electrons. The lowest BCUT2D eigenvalue weighted by molar-refractivity contribution is -0.140. The van der Waals surface area contributed by atoms with Gasteiger partial charge in [-0.1, -0.05) is 24.3 Å². The lowest BCUT2D eigenvalue weighted by Crippen LogP contribution is -2.54. The molecule has 2 aromatic carbocycles. The van der Waals surface area contributed by atoms with E-state index in [1.54, 1.807) is 31.2 Å². The Bertz CT molecular complexity index is 1120. The Balaban J connectivity index is 2.40. The molecule has 0 aromatic heterocycles. The average Bonchev–Trinajstić information content (AvgIpc) is 2.75. The molecular weight excluding hydrogens is 466 g/mol. The number of benzene rings is 2. The van der Waals surface area contributed by atoms with Crippen LogP contribution in [0.1, 0.15) is 45.7 Å². The van der Waals surface area contributed by atoms with Gasteiger partial charge in [-0.15, -0.1) is 0 Å². The summed E-state index contributed by atoms with van der Waals surface area (Å²) in [6.45, 7) is 11.2. The highest BCUT2D eigenvalue weighted by Crippen LogP contribution is 2.23. The zero-order chi connectivity index (χ0) is 26.4. The monoisotopic (exact) mass is 503 g/mol. The molecule has 0 saturated heterocycles. The number of amides is 2. The molecule has 0 radical (unpaired) electrons. The minimum Gasteiger partial charge on any atom is -0.494 e. The van der Waals surface area contributed by atoms with Gasteiger partial charge in [0.05, 0.1) is 18.6 Å². The van der Waals surface area contributed by atoms with Gasteiger partial charge in [-0.25, -0.2) is 8.42 Å². The van der Waals surface area contributed by atoms with Crippen molar-refractivity contribution in [3.8, 4) is 5.75 Å². The number of aryl methyl sites for hydroxylation is 1. The maximum Gasteiger partial charge on any atom is 0.244 e. The summed E-state index contributed by atoms with van der Waals surface area (Å²) >= 11 is 0. The SMILES string of the molecule is CCOc1ccc(N(CC(=O)N(Cc2ccccc2C)[C@@H](C)C(=O)NC(C)(C)C)S(C)(=O)=O)cc1. The summed E-state index contributed by atoms with van der Waals surface area (Å²) in [6, 6.07) is 13.3. The van der Waals surface area contributed by atoms with E-state index in [0.29, 0.717) is 18.0 Å². The maximum atomic E-state index is 13.6. The number of ether oxygens (including phenoxy) is 1. The lowest BCUT2D eigenvalue weighted by atomic mass is 10.1. The third kappa shape index (κ3) is 8.28. The standard InChI is InChI=1S/C26H37N3O5S/c1-8-34-23-15-13-22(14-16-23)29(35(7,32)33)18-24(30)28(17-21-12-10-9-11-19(21)2)20(3)25(31)27-26(4,5)6/h9-16,20H,8,17-18H2,1-7H3,(H,27,31)/t20-/m0/s1. The number of anilines is 1. The Labute approximate surface area is 209 Å². The number of carbonyl (C=O) groups is 2. The van der Waals surface area contributed by atoms with Crippen LogP contribution in [0.5, 0.6) is 5.75 Å². The first-order valence-electron chi connectivity index (χ1n) is 11.6. The highest BCUT2D eigenvalue weighted by Gasteiger charge is 2.31. The first-order chi connectivity index (χ1) is 16.2. The number of hydrogen-bond acceptors (Lipinski definition) is 5. The van der Waals surface area contributed by atoms with E-state index in [1.807, 2.05) is 58.9 Å². The van der Waals surface area contributed by atoms with Crippen LogP contribution < -0.4 is 14.4 Å². The molecule has 2 rings (SSSR count). The van der Waals surface area contributed by atoms with Crippen LogP contribution in [0.4, 0.5) is 5.69 Å². The first kappa shape index (κ1) is 28.2. The third-order valence-corrected chi connectivity index (χ3v) is 6.52. The van der Waals surface area contributed by atoms with Crippen molar-refractivity contribution in [2.75, 3.05) is 23.7 Å². The van der Waals surface area contributed by atoms with Crippen molar-refractivity contribution in [1.82, 2.24) is 10.2 Å². The van der Waals surface area contributed by atoms with Gasteiger partial charge >= 0.3 is 0 Å². The van der Waals surface area contributed by atoms with Gasteiger partial charge in [0, 0.05) is 12.1 Å². The van der Waals surface area contributed by atoms with Crippen LogP contribution in [-0.2, 0) is 26.2 Å². The smallest absolute Gasteiger partial charge is 0.244 e. The minimum absolute atomic E-state index is 0.172. The number of carbonyl (C=O) groups excluding carboxylic acids is 2. The van der Waals surface area contributed by atoms with E-state index in [-0.39, 0.29) is 12.5 Å². The molecule has 0 spiro atoms. The second kappa shape index (κ2) is 11.6. The Morgan fingerprint density at radius 2 is 1.66 bits per heavy atom. The van der Waals surface area contributed by atoms with Crippen LogP contribution in [0.15, 0.2) is 48.5 Å². The molecule has 8 nitrogen and oxygen atoms in total. The molecule has 0 aliphatic carbocycles. The van der Waals surface area contributed by atoms with Crippen LogP contribution in [0.25, 0.3) is 0 Å². The zero-order valence-corrected chi connectivity index (χ0v) is 22.5. The Morgan fingerprint density at radius 1 is 1.06 bits per heavy atom. The minimum atomic E-state index is -3.78. The molecule has 1 N–H and O–H groups in total. The largest absolute Gasteiger partial charge is 0.494 e. The van der Waals surface area contributed by atoms with Gasteiger partial charge in [-0.05, 0) is 76.9 Å². The number of nitrogens with one attached hydrogen (secondary N) is 1.